The first kappa shape index (κ1) is 13.9. The molecule has 1 N–H and O–H groups in total. The van der Waals surface area contributed by atoms with Crippen LogP contribution in [0.5, 0.6) is 0 Å². The Morgan fingerprint density at radius 3 is 2.50 bits per heavy atom. The zero-order chi connectivity index (χ0) is 9.68. The van der Waals surface area contributed by atoms with Crippen LogP contribution in [-0.2, 0) is 4.79 Å². The molecule has 3 nitrogen and oxygen atoms in total. The fourth-order valence-electron chi connectivity index (χ4n) is 1.86. The van der Waals surface area contributed by atoms with Crippen molar-refractivity contribution in [2.24, 2.45) is 5.92 Å². The number of amides is 1. The Hall–Kier alpha value is -0.0900. The maximum Gasteiger partial charge on any atom is 0.226 e. The minimum Gasteiger partial charge on any atom is -0.343 e. The number of nitrogens with zero attached hydrogens (tertiary/aromatic N) is 1. The topological polar surface area (TPSA) is 32.3 Å². The molecule has 1 fully saturated rings. The Morgan fingerprint density at radius 1 is 1.43 bits per heavy atom. The van der Waals surface area contributed by atoms with Gasteiger partial charge in [0.2, 0.25) is 5.91 Å². The second-order valence-corrected chi connectivity index (χ2v) is 3.55. The molecule has 1 atom stereocenters. The highest BCUT2D eigenvalue weighted by Crippen LogP contribution is 2.12. The van der Waals surface area contributed by atoms with Gasteiger partial charge in [0, 0.05) is 19.6 Å². The van der Waals surface area contributed by atoms with Crippen LogP contribution in [0.1, 0.15) is 26.7 Å². The number of carbonyl (C=O) groups is 1. The number of hydrogen-bond acceptors (Lipinski definition) is 2. The van der Waals surface area contributed by atoms with Crippen LogP contribution in [0, 0.1) is 5.92 Å². The van der Waals surface area contributed by atoms with Gasteiger partial charge in [-0.05, 0) is 33.2 Å². The summed E-state index contributed by atoms with van der Waals surface area (Å²) in [6, 6.07) is 0. The Kier molecular flexibility index (Phi) is 7.19. The average molecular weight is 265 g/mol. The third-order valence-electron chi connectivity index (χ3n) is 2.72. The molecule has 0 aromatic heterocycles. The average Bonchev–Trinajstić information content (AvgIpc) is 2.21. The molecule has 1 unspecified atom stereocenters. The van der Waals surface area contributed by atoms with Crippen molar-refractivity contribution in [3.8, 4) is 0 Å². The highest BCUT2D eigenvalue weighted by atomic mass is 79.9. The van der Waals surface area contributed by atoms with Crippen molar-refractivity contribution in [2.75, 3.05) is 26.2 Å². The number of carbonyl (C=O) groups excluding carboxylic acids is 1. The summed E-state index contributed by atoms with van der Waals surface area (Å²) in [5.41, 5.74) is 0. The highest BCUT2D eigenvalue weighted by molar-refractivity contribution is 8.93. The summed E-state index contributed by atoms with van der Waals surface area (Å²) in [5.74, 6) is 0.561. The number of rotatable bonds is 3. The van der Waals surface area contributed by atoms with E-state index in [1.165, 1.54) is 0 Å². The molecule has 1 amide bonds. The normalized spacial score (nSPS) is 21.1. The van der Waals surface area contributed by atoms with E-state index in [4.69, 9.17) is 0 Å². The van der Waals surface area contributed by atoms with Gasteiger partial charge in [0.25, 0.3) is 0 Å². The van der Waals surface area contributed by atoms with Gasteiger partial charge in [0.05, 0.1) is 5.92 Å². The molecule has 1 aliphatic rings. The van der Waals surface area contributed by atoms with Gasteiger partial charge in [-0.15, -0.1) is 17.0 Å². The second kappa shape index (κ2) is 7.23. The number of hydrogen-bond donors (Lipinski definition) is 1. The quantitative estimate of drug-likeness (QED) is 0.837. The van der Waals surface area contributed by atoms with Crippen LogP contribution < -0.4 is 5.32 Å². The van der Waals surface area contributed by atoms with Gasteiger partial charge >= 0.3 is 0 Å². The van der Waals surface area contributed by atoms with E-state index in [0.717, 1.165) is 39.0 Å². The molecular formula is C10H21BrN2O. The fraction of sp³-hybridized carbons (Fsp3) is 0.900. The molecule has 0 spiro atoms. The first-order valence-corrected chi connectivity index (χ1v) is 5.29. The van der Waals surface area contributed by atoms with E-state index in [2.05, 4.69) is 5.32 Å². The van der Waals surface area contributed by atoms with Gasteiger partial charge in [-0.1, -0.05) is 0 Å². The number of halogens is 1. The number of piperidine rings is 1. The first-order valence-electron chi connectivity index (χ1n) is 5.29. The van der Waals surface area contributed by atoms with Gasteiger partial charge < -0.3 is 10.2 Å². The van der Waals surface area contributed by atoms with Gasteiger partial charge in [-0.2, -0.15) is 0 Å². The van der Waals surface area contributed by atoms with Gasteiger partial charge in [-0.3, -0.25) is 4.79 Å². The molecule has 0 aromatic carbocycles. The van der Waals surface area contributed by atoms with Crippen LogP contribution >= 0.6 is 17.0 Å². The van der Waals surface area contributed by atoms with Crippen molar-refractivity contribution in [3.05, 3.63) is 0 Å². The lowest BCUT2D eigenvalue weighted by Gasteiger charge is -2.27. The molecular weight excluding hydrogens is 244 g/mol. The smallest absolute Gasteiger partial charge is 0.226 e. The summed E-state index contributed by atoms with van der Waals surface area (Å²) in [4.78, 5) is 13.8. The van der Waals surface area contributed by atoms with Crippen LogP contribution in [0.4, 0.5) is 0 Å². The Morgan fingerprint density at radius 2 is 2.07 bits per heavy atom. The molecule has 14 heavy (non-hydrogen) atoms. The third kappa shape index (κ3) is 3.58. The van der Waals surface area contributed by atoms with Gasteiger partial charge in [-0.25, -0.2) is 0 Å². The molecule has 1 aliphatic heterocycles. The maximum atomic E-state index is 11.8. The summed E-state index contributed by atoms with van der Waals surface area (Å²) in [5, 5.41) is 3.27. The Bertz CT molecular complexity index is 166. The Labute approximate surface area is 97.0 Å². The van der Waals surface area contributed by atoms with E-state index in [-0.39, 0.29) is 22.9 Å². The SMILES string of the molecule is Br.CCN(CC)C(=O)C1CCCNC1. The van der Waals surface area contributed by atoms with E-state index in [0.29, 0.717) is 5.91 Å². The number of nitrogens with one attached hydrogen (secondary N) is 1. The summed E-state index contributed by atoms with van der Waals surface area (Å²) >= 11 is 0. The van der Waals surface area contributed by atoms with Crippen molar-refractivity contribution < 1.29 is 4.79 Å². The standard InChI is InChI=1S/C10H20N2O.BrH/c1-3-12(4-2)10(13)9-6-5-7-11-8-9;/h9,11H,3-8H2,1-2H3;1H. The largest absolute Gasteiger partial charge is 0.343 e. The Balaban J connectivity index is 0.00000169. The lowest BCUT2D eigenvalue weighted by Crippen LogP contribution is -2.42. The lowest BCUT2D eigenvalue weighted by atomic mass is 9.98. The molecule has 0 aromatic rings. The van der Waals surface area contributed by atoms with Crippen molar-refractivity contribution in [3.63, 3.8) is 0 Å². The molecule has 0 bridgehead atoms. The third-order valence-corrected chi connectivity index (χ3v) is 2.72. The van der Waals surface area contributed by atoms with E-state index in [1.54, 1.807) is 0 Å². The molecule has 4 heteroatoms. The van der Waals surface area contributed by atoms with Crippen molar-refractivity contribution in [1.29, 1.82) is 0 Å². The van der Waals surface area contributed by atoms with E-state index in [9.17, 15) is 4.79 Å². The van der Waals surface area contributed by atoms with Crippen molar-refractivity contribution in [2.45, 2.75) is 26.7 Å². The van der Waals surface area contributed by atoms with Crippen LogP contribution in [0.15, 0.2) is 0 Å². The van der Waals surface area contributed by atoms with Crippen molar-refractivity contribution >= 4 is 22.9 Å². The predicted octanol–water partition coefficient (Wildman–Crippen LogP) is 1.43. The zero-order valence-corrected chi connectivity index (χ0v) is 10.8. The maximum absolute atomic E-state index is 11.8. The minimum absolute atomic E-state index is 0. The molecule has 0 radical (unpaired) electrons. The van der Waals surface area contributed by atoms with Crippen LogP contribution in [0.3, 0.4) is 0 Å². The summed E-state index contributed by atoms with van der Waals surface area (Å²) in [6.45, 7) is 7.70. The van der Waals surface area contributed by atoms with E-state index in [1.807, 2.05) is 18.7 Å². The van der Waals surface area contributed by atoms with Crippen LogP contribution in [0.25, 0.3) is 0 Å². The zero-order valence-electron chi connectivity index (χ0n) is 9.08. The summed E-state index contributed by atoms with van der Waals surface area (Å²) < 4.78 is 0. The van der Waals surface area contributed by atoms with Crippen LogP contribution in [-0.4, -0.2) is 37.0 Å². The predicted molar refractivity (Wildman–Crippen MR) is 63.8 cm³/mol. The molecule has 0 saturated carbocycles. The summed E-state index contributed by atoms with van der Waals surface area (Å²) in [7, 11) is 0. The van der Waals surface area contributed by atoms with Gasteiger partial charge in [0.1, 0.15) is 0 Å². The molecule has 1 rings (SSSR count). The van der Waals surface area contributed by atoms with Crippen LogP contribution in [0.2, 0.25) is 0 Å². The molecule has 0 aliphatic carbocycles. The monoisotopic (exact) mass is 264 g/mol. The minimum atomic E-state index is 0. The molecule has 84 valence electrons. The molecule has 1 saturated heterocycles. The second-order valence-electron chi connectivity index (χ2n) is 3.55. The fourth-order valence-corrected chi connectivity index (χ4v) is 1.86. The van der Waals surface area contributed by atoms with E-state index < -0.39 is 0 Å². The highest BCUT2D eigenvalue weighted by Gasteiger charge is 2.23. The lowest BCUT2D eigenvalue weighted by molar-refractivity contribution is -0.135. The van der Waals surface area contributed by atoms with Gasteiger partial charge in [0.15, 0.2) is 0 Å². The van der Waals surface area contributed by atoms with E-state index >= 15 is 0 Å². The first-order chi connectivity index (χ1) is 6.29. The summed E-state index contributed by atoms with van der Waals surface area (Å²) in [6.07, 6.45) is 2.19. The van der Waals surface area contributed by atoms with Crippen molar-refractivity contribution in [1.82, 2.24) is 10.2 Å². The molecule has 1 heterocycles.